The molecule has 6 amide bonds. The van der Waals surface area contributed by atoms with Crippen LogP contribution in [0.25, 0.3) is 0 Å². The largest absolute Gasteiger partial charge is 0.508 e. The number of primary amides is 1. The van der Waals surface area contributed by atoms with E-state index in [9.17, 15) is 29.1 Å². The van der Waals surface area contributed by atoms with E-state index in [4.69, 9.17) is 17.2 Å². The van der Waals surface area contributed by atoms with Crippen LogP contribution in [0.3, 0.4) is 0 Å². The number of nitrogens with zero attached hydrogens (tertiary/aromatic N) is 1. The molecule has 2 aromatic carbocycles. The van der Waals surface area contributed by atoms with E-state index in [0.29, 0.717) is 30.4 Å². The predicted octanol–water partition coefficient (Wildman–Crippen LogP) is -0.361. The first-order chi connectivity index (χ1) is 22.8. The highest BCUT2D eigenvalue weighted by Crippen LogP contribution is 2.22. The van der Waals surface area contributed by atoms with Crippen LogP contribution < -0.4 is 43.8 Å². The maximum atomic E-state index is 13.9. The molecule has 4 atom stereocenters. The number of carbonyl (C=O) groups is 5. The van der Waals surface area contributed by atoms with Gasteiger partial charge in [-0.1, -0.05) is 30.3 Å². The van der Waals surface area contributed by atoms with Crippen molar-refractivity contribution >= 4 is 35.6 Å². The molecule has 0 saturated heterocycles. The summed E-state index contributed by atoms with van der Waals surface area (Å²) in [6.07, 6.45) is 1.74. The van der Waals surface area contributed by atoms with E-state index in [0.717, 1.165) is 11.1 Å². The molecule has 260 valence electrons. The number of aromatic hydroxyl groups is 1. The van der Waals surface area contributed by atoms with E-state index in [1.807, 2.05) is 6.07 Å². The number of phenolic OH excluding ortho intramolecular Hbond substituents is 1. The number of amides is 6. The Bertz CT molecular complexity index is 1460. The van der Waals surface area contributed by atoms with Gasteiger partial charge < -0.3 is 43.6 Å². The van der Waals surface area contributed by atoms with Gasteiger partial charge in [-0.05, 0) is 80.3 Å². The van der Waals surface area contributed by atoms with Crippen LogP contribution in [0.2, 0.25) is 0 Å². The minimum absolute atomic E-state index is 0.0486. The standard InChI is InChI=1S/C33H47N9O6/c1-19-15-22(43)16-20(2)23(19)18-27-31(47)39-25(30(46)40-26(28(35)44)17-21-9-4-3-5-10-21)12-6-7-13-38-33(48)42-32(36)37-14-8-11-24(34)29(45)41-27/h3-5,9-10,15-16,24-27,43H,6-8,11-14,17-18,34H2,1-2H3,(H2,35,44)(H,39,47)(H,40,46)(H,41,45)(H4,36,37,38,42,48)/t24-,25+,26?,27+/m1/s1. The minimum atomic E-state index is -1.14. The molecular weight excluding hydrogens is 618 g/mol. The Balaban J connectivity index is 1.90. The summed E-state index contributed by atoms with van der Waals surface area (Å²) in [5, 5.41) is 23.3. The minimum Gasteiger partial charge on any atom is -0.508 e. The molecule has 2 aromatic rings. The van der Waals surface area contributed by atoms with Gasteiger partial charge >= 0.3 is 6.03 Å². The highest BCUT2D eigenvalue weighted by Gasteiger charge is 2.31. The molecule has 0 spiro atoms. The Hall–Kier alpha value is -5.18. The molecule has 0 fully saturated rings. The number of aliphatic imine (C=N–C) groups is 1. The van der Waals surface area contributed by atoms with E-state index in [-0.39, 0.29) is 50.5 Å². The monoisotopic (exact) mass is 665 g/mol. The van der Waals surface area contributed by atoms with Crippen LogP contribution >= 0.6 is 0 Å². The molecular formula is C33H47N9O6. The van der Waals surface area contributed by atoms with Crippen molar-refractivity contribution in [2.45, 2.75) is 83.0 Å². The number of carbonyl (C=O) groups excluding carboxylic acids is 5. The Kier molecular flexibility index (Phi) is 14.2. The molecule has 0 bridgehead atoms. The summed E-state index contributed by atoms with van der Waals surface area (Å²) in [7, 11) is 0. The number of nitrogens with two attached hydrogens (primary N) is 3. The Morgan fingerprint density at radius 3 is 2.35 bits per heavy atom. The lowest BCUT2D eigenvalue weighted by atomic mass is 9.95. The van der Waals surface area contributed by atoms with Crippen LogP contribution in [0.4, 0.5) is 4.79 Å². The van der Waals surface area contributed by atoms with Gasteiger partial charge in [-0.2, -0.15) is 0 Å². The lowest BCUT2D eigenvalue weighted by Crippen LogP contribution is -2.58. The third kappa shape index (κ3) is 11.9. The molecule has 0 aliphatic carbocycles. The first-order valence-electron chi connectivity index (χ1n) is 16.0. The van der Waals surface area contributed by atoms with E-state index in [1.54, 1.807) is 50.2 Å². The maximum absolute atomic E-state index is 13.9. The fourth-order valence-corrected chi connectivity index (χ4v) is 5.39. The van der Waals surface area contributed by atoms with Crippen molar-refractivity contribution in [3.8, 4) is 5.75 Å². The lowest BCUT2D eigenvalue weighted by Gasteiger charge is -2.26. The summed E-state index contributed by atoms with van der Waals surface area (Å²) in [6, 6.07) is 7.28. The molecule has 0 aromatic heterocycles. The third-order valence-electron chi connectivity index (χ3n) is 8.04. The van der Waals surface area contributed by atoms with Gasteiger partial charge in [0, 0.05) is 25.9 Å². The second-order valence-corrected chi connectivity index (χ2v) is 11.9. The van der Waals surface area contributed by atoms with Crippen LogP contribution in [-0.2, 0) is 32.0 Å². The second kappa shape index (κ2) is 18.2. The number of hydrogen-bond acceptors (Lipinski definition) is 9. The normalized spacial score (nSPS) is 21.0. The van der Waals surface area contributed by atoms with Gasteiger partial charge in [0.05, 0.1) is 6.04 Å². The summed E-state index contributed by atoms with van der Waals surface area (Å²) >= 11 is 0. The van der Waals surface area contributed by atoms with Crippen LogP contribution in [-0.4, -0.2) is 78.0 Å². The zero-order valence-corrected chi connectivity index (χ0v) is 27.4. The molecule has 1 unspecified atom stereocenters. The first-order valence-corrected chi connectivity index (χ1v) is 16.0. The maximum Gasteiger partial charge on any atom is 0.321 e. The van der Waals surface area contributed by atoms with Gasteiger partial charge in [0.2, 0.25) is 23.6 Å². The van der Waals surface area contributed by atoms with Gasteiger partial charge in [-0.15, -0.1) is 0 Å². The summed E-state index contributed by atoms with van der Waals surface area (Å²) in [6.45, 7) is 4.01. The second-order valence-electron chi connectivity index (χ2n) is 11.9. The van der Waals surface area contributed by atoms with Crippen LogP contribution in [0, 0.1) is 13.8 Å². The van der Waals surface area contributed by atoms with Crippen molar-refractivity contribution in [1.82, 2.24) is 26.6 Å². The Morgan fingerprint density at radius 2 is 1.69 bits per heavy atom. The topological polar surface area (TPSA) is 256 Å². The van der Waals surface area contributed by atoms with Crippen LogP contribution in [0.5, 0.6) is 5.75 Å². The smallest absolute Gasteiger partial charge is 0.321 e. The molecule has 3 rings (SSSR count). The highest BCUT2D eigenvalue weighted by molar-refractivity contribution is 5.96. The molecule has 1 aliphatic rings. The van der Waals surface area contributed by atoms with Gasteiger partial charge in [0.1, 0.15) is 23.9 Å². The van der Waals surface area contributed by atoms with Gasteiger partial charge in [-0.3, -0.25) is 29.5 Å². The van der Waals surface area contributed by atoms with E-state index in [1.165, 1.54) is 0 Å². The van der Waals surface area contributed by atoms with Crippen molar-refractivity contribution in [1.29, 1.82) is 0 Å². The summed E-state index contributed by atoms with van der Waals surface area (Å²) in [5.41, 5.74) is 20.5. The summed E-state index contributed by atoms with van der Waals surface area (Å²) in [4.78, 5) is 69.4. The fourth-order valence-electron chi connectivity index (χ4n) is 5.39. The van der Waals surface area contributed by atoms with Crippen molar-refractivity contribution in [2.24, 2.45) is 22.2 Å². The molecule has 1 heterocycles. The SMILES string of the molecule is Cc1cc(O)cc(C)c1C[C@@H]1NC(=O)[C@H](N)CCCN=C(N)NC(=O)NCCCC[C@@H](C(=O)NC(Cc2ccccc2)C(N)=O)NC1=O. The lowest BCUT2D eigenvalue weighted by molar-refractivity contribution is -0.133. The molecule has 0 saturated carbocycles. The number of nitrogens with one attached hydrogen (secondary N) is 5. The van der Waals surface area contributed by atoms with Crippen molar-refractivity contribution in [2.75, 3.05) is 13.1 Å². The number of benzene rings is 2. The first kappa shape index (κ1) is 37.3. The van der Waals surface area contributed by atoms with Crippen molar-refractivity contribution in [3.63, 3.8) is 0 Å². The van der Waals surface area contributed by atoms with Crippen molar-refractivity contribution in [3.05, 3.63) is 64.7 Å². The molecule has 12 N–H and O–H groups in total. The fraction of sp³-hybridized carbons (Fsp3) is 0.455. The molecule has 48 heavy (non-hydrogen) atoms. The predicted molar refractivity (Wildman–Crippen MR) is 181 cm³/mol. The Morgan fingerprint density at radius 1 is 1.00 bits per heavy atom. The number of phenols is 1. The van der Waals surface area contributed by atoms with Gasteiger partial charge in [-0.25, -0.2) is 4.79 Å². The highest BCUT2D eigenvalue weighted by atomic mass is 16.3. The molecule has 1 aliphatic heterocycles. The molecule has 15 nitrogen and oxygen atoms in total. The van der Waals surface area contributed by atoms with E-state index in [2.05, 4.69) is 31.6 Å². The van der Waals surface area contributed by atoms with Crippen LogP contribution in [0.1, 0.15) is 54.4 Å². The number of aryl methyl sites for hydroxylation is 2. The number of urea groups is 1. The average molecular weight is 666 g/mol. The van der Waals surface area contributed by atoms with Crippen LogP contribution in [0.15, 0.2) is 47.5 Å². The van der Waals surface area contributed by atoms with Gasteiger partial charge in [0.15, 0.2) is 5.96 Å². The molecule has 15 heteroatoms. The summed E-state index contributed by atoms with van der Waals surface area (Å²) in [5.74, 6) is -2.64. The van der Waals surface area contributed by atoms with Crippen molar-refractivity contribution < 1.29 is 29.1 Å². The average Bonchev–Trinajstić information content (AvgIpc) is 3.02. The summed E-state index contributed by atoms with van der Waals surface area (Å²) < 4.78 is 0. The zero-order valence-electron chi connectivity index (χ0n) is 27.4. The Labute approximate surface area is 279 Å². The quantitative estimate of drug-likeness (QED) is 0.188. The number of rotatable bonds is 7. The number of guanidine groups is 1. The van der Waals surface area contributed by atoms with Gasteiger partial charge in [0.25, 0.3) is 0 Å². The van der Waals surface area contributed by atoms with E-state index >= 15 is 0 Å². The zero-order chi connectivity index (χ0) is 35.2. The molecule has 0 radical (unpaired) electrons. The number of hydrogen-bond donors (Lipinski definition) is 9. The van der Waals surface area contributed by atoms with E-state index < -0.39 is 53.8 Å². The third-order valence-corrected chi connectivity index (χ3v) is 8.04.